The van der Waals surface area contributed by atoms with E-state index in [0.29, 0.717) is 6.61 Å². The van der Waals surface area contributed by atoms with Crippen LogP contribution in [-0.2, 0) is 9.47 Å². The Labute approximate surface area is 97.9 Å². The third-order valence-electron chi connectivity index (χ3n) is 2.12. The topological polar surface area (TPSA) is 55.8 Å². The molecule has 1 N–H and O–H groups in total. The molecule has 0 saturated carbocycles. The van der Waals surface area contributed by atoms with Crippen molar-refractivity contribution < 1.29 is 19.4 Å². The van der Waals surface area contributed by atoms with Gasteiger partial charge in [-0.25, -0.2) is 4.79 Å². The number of unbranched alkanes of at least 4 members (excludes halogenated alkanes) is 3. The summed E-state index contributed by atoms with van der Waals surface area (Å²) in [7, 11) is 0. The molecule has 4 nitrogen and oxygen atoms in total. The van der Waals surface area contributed by atoms with E-state index in [2.05, 4.69) is 6.92 Å². The maximum atomic E-state index is 11.1. The van der Waals surface area contributed by atoms with Crippen molar-refractivity contribution in [3.05, 3.63) is 6.92 Å². The van der Waals surface area contributed by atoms with Gasteiger partial charge in [0.15, 0.2) is 0 Å². The molecule has 0 aromatic rings. The van der Waals surface area contributed by atoms with Crippen molar-refractivity contribution >= 4 is 6.16 Å². The molecule has 0 rings (SSSR count). The highest BCUT2D eigenvalue weighted by Crippen LogP contribution is 2.13. The summed E-state index contributed by atoms with van der Waals surface area (Å²) in [6.07, 6.45) is 3.16. The van der Waals surface area contributed by atoms with Crippen molar-refractivity contribution in [2.45, 2.75) is 39.5 Å². The lowest BCUT2D eigenvalue weighted by molar-refractivity contribution is 0.0133. The Bertz CT molecular complexity index is 189. The minimum Gasteiger partial charge on any atom is -0.434 e. The summed E-state index contributed by atoms with van der Waals surface area (Å²) in [5.74, 6) is 0. The van der Waals surface area contributed by atoms with Crippen LogP contribution in [0.3, 0.4) is 0 Å². The van der Waals surface area contributed by atoms with Gasteiger partial charge in [0.25, 0.3) is 0 Å². The Balaban J connectivity index is 3.45. The monoisotopic (exact) mass is 231 g/mol. The zero-order chi connectivity index (χ0) is 12.4. The first-order valence-electron chi connectivity index (χ1n) is 5.71. The van der Waals surface area contributed by atoms with Gasteiger partial charge in [0.2, 0.25) is 0 Å². The van der Waals surface area contributed by atoms with Crippen molar-refractivity contribution in [2.24, 2.45) is 5.41 Å². The van der Waals surface area contributed by atoms with Crippen LogP contribution in [0.4, 0.5) is 4.79 Å². The summed E-state index contributed by atoms with van der Waals surface area (Å²) in [5, 5.41) is 8.94. The summed E-state index contributed by atoms with van der Waals surface area (Å²) in [6, 6.07) is 0. The number of carbonyl (C=O) groups is 1. The molecular formula is C12H23O4. The number of hydrogen-bond donors (Lipinski definition) is 1. The van der Waals surface area contributed by atoms with Gasteiger partial charge in [0.1, 0.15) is 6.61 Å². The quantitative estimate of drug-likeness (QED) is 0.515. The Hall–Kier alpha value is -0.770. The molecule has 0 aliphatic rings. The molecule has 0 aliphatic carbocycles. The molecule has 1 radical (unpaired) electrons. The van der Waals surface area contributed by atoms with Crippen molar-refractivity contribution in [1.29, 1.82) is 0 Å². The van der Waals surface area contributed by atoms with Crippen LogP contribution in [0, 0.1) is 12.3 Å². The fraction of sp³-hybridized carbons (Fsp3) is 0.833. The maximum Gasteiger partial charge on any atom is 0.508 e. The summed E-state index contributed by atoms with van der Waals surface area (Å²) in [6.45, 7) is 7.89. The van der Waals surface area contributed by atoms with Crippen molar-refractivity contribution in [3.8, 4) is 0 Å². The fourth-order valence-electron chi connectivity index (χ4n) is 0.953. The highest BCUT2D eigenvalue weighted by atomic mass is 16.7. The van der Waals surface area contributed by atoms with Gasteiger partial charge in [-0.15, -0.1) is 0 Å². The van der Waals surface area contributed by atoms with Gasteiger partial charge in [-0.05, 0) is 6.42 Å². The van der Waals surface area contributed by atoms with Crippen molar-refractivity contribution in [1.82, 2.24) is 0 Å². The van der Waals surface area contributed by atoms with E-state index in [1.165, 1.54) is 0 Å². The molecular weight excluding hydrogens is 208 g/mol. The molecule has 0 aliphatic heterocycles. The minimum absolute atomic E-state index is 0.0240. The minimum atomic E-state index is -0.656. The zero-order valence-electron chi connectivity index (χ0n) is 10.3. The molecule has 0 spiro atoms. The second kappa shape index (κ2) is 8.39. The number of carbonyl (C=O) groups excluding carboxylic acids is 1. The van der Waals surface area contributed by atoms with Crippen LogP contribution in [0.25, 0.3) is 0 Å². The van der Waals surface area contributed by atoms with Crippen LogP contribution in [0.2, 0.25) is 0 Å². The van der Waals surface area contributed by atoms with E-state index in [1.54, 1.807) is 0 Å². The Morgan fingerprint density at radius 2 is 1.94 bits per heavy atom. The summed E-state index contributed by atoms with van der Waals surface area (Å²) in [4.78, 5) is 11.1. The third-order valence-corrected chi connectivity index (χ3v) is 2.12. The Kier molecular flexibility index (Phi) is 7.99. The predicted molar refractivity (Wildman–Crippen MR) is 62.0 cm³/mol. The van der Waals surface area contributed by atoms with Crippen molar-refractivity contribution in [2.75, 3.05) is 19.8 Å². The van der Waals surface area contributed by atoms with E-state index < -0.39 is 11.6 Å². The van der Waals surface area contributed by atoms with Crippen LogP contribution >= 0.6 is 0 Å². The number of hydrogen-bond acceptors (Lipinski definition) is 4. The lowest BCUT2D eigenvalue weighted by Gasteiger charge is -2.20. The number of aliphatic hydroxyl groups is 1. The second-order valence-electron chi connectivity index (χ2n) is 4.62. The van der Waals surface area contributed by atoms with Crippen LogP contribution in [0.5, 0.6) is 0 Å². The lowest BCUT2D eigenvalue weighted by atomic mass is 9.97. The molecule has 0 unspecified atom stereocenters. The van der Waals surface area contributed by atoms with Gasteiger partial charge < -0.3 is 14.6 Å². The number of rotatable bonds is 8. The molecule has 0 atom stereocenters. The zero-order valence-corrected chi connectivity index (χ0v) is 10.3. The smallest absolute Gasteiger partial charge is 0.434 e. The average molecular weight is 231 g/mol. The molecule has 16 heavy (non-hydrogen) atoms. The first-order chi connectivity index (χ1) is 7.52. The van der Waals surface area contributed by atoms with Gasteiger partial charge in [-0.3, -0.25) is 0 Å². The molecule has 0 aromatic carbocycles. The Morgan fingerprint density at radius 1 is 1.25 bits per heavy atom. The predicted octanol–water partition coefficient (Wildman–Crippen LogP) is 2.55. The standard InChI is InChI=1S/C12H23O4/c1-4-5-6-7-8-15-11(14)16-10-12(2,3)9-13/h13H,1,4-10H2,2-3H3. The molecule has 0 saturated heterocycles. The molecule has 4 heteroatoms. The number of aliphatic hydroxyl groups excluding tert-OH is 1. The van der Waals surface area contributed by atoms with Gasteiger partial charge in [0, 0.05) is 5.41 Å². The van der Waals surface area contributed by atoms with E-state index in [1.807, 2.05) is 13.8 Å². The molecule has 0 bridgehead atoms. The largest absolute Gasteiger partial charge is 0.508 e. The molecule has 95 valence electrons. The SMILES string of the molecule is [CH2]CCCCCOC(=O)OCC(C)(C)CO. The highest BCUT2D eigenvalue weighted by molar-refractivity contribution is 5.59. The van der Waals surface area contributed by atoms with E-state index in [9.17, 15) is 4.79 Å². The fourth-order valence-corrected chi connectivity index (χ4v) is 0.953. The van der Waals surface area contributed by atoms with Gasteiger partial charge in [0.05, 0.1) is 13.2 Å². The second-order valence-corrected chi connectivity index (χ2v) is 4.62. The van der Waals surface area contributed by atoms with Crippen LogP contribution in [0.1, 0.15) is 39.5 Å². The van der Waals surface area contributed by atoms with Gasteiger partial charge >= 0.3 is 6.16 Å². The van der Waals surface area contributed by atoms with Crippen LogP contribution < -0.4 is 0 Å². The molecule has 0 fully saturated rings. The molecule has 0 amide bonds. The van der Waals surface area contributed by atoms with E-state index >= 15 is 0 Å². The maximum absolute atomic E-state index is 11.1. The van der Waals surface area contributed by atoms with Crippen LogP contribution in [-0.4, -0.2) is 31.1 Å². The molecule has 0 aromatic heterocycles. The van der Waals surface area contributed by atoms with Crippen LogP contribution in [0.15, 0.2) is 0 Å². The highest BCUT2D eigenvalue weighted by Gasteiger charge is 2.19. The summed E-state index contributed by atoms with van der Waals surface area (Å²) >= 11 is 0. The van der Waals surface area contributed by atoms with Gasteiger partial charge in [-0.1, -0.05) is 40.0 Å². The van der Waals surface area contributed by atoms with E-state index in [0.717, 1.165) is 25.7 Å². The van der Waals surface area contributed by atoms with Crippen molar-refractivity contribution in [3.63, 3.8) is 0 Å². The summed E-state index contributed by atoms with van der Waals surface area (Å²) in [5.41, 5.74) is -0.410. The van der Waals surface area contributed by atoms with E-state index in [4.69, 9.17) is 14.6 Å². The first-order valence-corrected chi connectivity index (χ1v) is 5.71. The Morgan fingerprint density at radius 3 is 2.50 bits per heavy atom. The number of ether oxygens (including phenoxy) is 2. The average Bonchev–Trinajstić information content (AvgIpc) is 2.26. The van der Waals surface area contributed by atoms with E-state index in [-0.39, 0.29) is 13.2 Å². The first kappa shape index (κ1) is 15.2. The lowest BCUT2D eigenvalue weighted by Crippen LogP contribution is -2.25. The third kappa shape index (κ3) is 8.53. The molecule has 0 heterocycles. The van der Waals surface area contributed by atoms with Gasteiger partial charge in [-0.2, -0.15) is 0 Å². The summed E-state index contributed by atoms with van der Waals surface area (Å²) < 4.78 is 9.74. The normalized spacial score (nSPS) is 11.2.